The first-order valence-corrected chi connectivity index (χ1v) is 9.01. The lowest BCUT2D eigenvalue weighted by Gasteiger charge is -2.31. The van der Waals surface area contributed by atoms with E-state index in [2.05, 4.69) is 5.32 Å². The van der Waals surface area contributed by atoms with Crippen molar-refractivity contribution in [2.45, 2.75) is 57.0 Å². The minimum atomic E-state index is 0.337. The van der Waals surface area contributed by atoms with Crippen LogP contribution < -0.4 is 5.32 Å². The average molecular weight is 325 g/mol. The molecule has 0 unspecified atom stereocenters. The van der Waals surface area contributed by atoms with Crippen LogP contribution in [0.2, 0.25) is 0 Å². The topological polar surface area (TPSA) is 52.5 Å². The Morgan fingerprint density at radius 2 is 1.12 bits per heavy atom. The van der Waals surface area contributed by atoms with E-state index in [4.69, 9.17) is 0 Å². The van der Waals surface area contributed by atoms with Gasteiger partial charge in [-0.25, -0.2) is 0 Å². The molecule has 3 heteroatoms. The minimum absolute atomic E-state index is 0.337. The van der Waals surface area contributed by atoms with Crippen LogP contribution in [-0.2, 0) is 12.8 Å². The van der Waals surface area contributed by atoms with Gasteiger partial charge in [-0.1, -0.05) is 30.7 Å². The number of hydrogen-bond acceptors (Lipinski definition) is 3. The molecule has 1 saturated heterocycles. The Bertz CT molecular complexity index is 566. The molecule has 0 aliphatic carbocycles. The van der Waals surface area contributed by atoms with Gasteiger partial charge < -0.3 is 15.5 Å². The molecule has 0 spiro atoms. The number of phenolic OH excluding ortho intramolecular Hbond substituents is 2. The fourth-order valence-electron chi connectivity index (χ4n) is 3.57. The Morgan fingerprint density at radius 1 is 0.708 bits per heavy atom. The largest absolute Gasteiger partial charge is 0.508 e. The van der Waals surface area contributed by atoms with E-state index in [0.717, 1.165) is 25.7 Å². The van der Waals surface area contributed by atoms with E-state index in [-0.39, 0.29) is 0 Å². The van der Waals surface area contributed by atoms with Crippen LogP contribution in [0.25, 0.3) is 0 Å². The summed E-state index contributed by atoms with van der Waals surface area (Å²) in [6, 6.07) is 16.3. The normalized spacial score (nSPS) is 20.8. The maximum atomic E-state index is 9.35. The summed E-state index contributed by atoms with van der Waals surface area (Å²) in [6.45, 7) is 0. The van der Waals surface area contributed by atoms with Crippen molar-refractivity contribution in [3.05, 3.63) is 59.7 Å². The Morgan fingerprint density at radius 3 is 1.54 bits per heavy atom. The van der Waals surface area contributed by atoms with Crippen molar-refractivity contribution in [2.24, 2.45) is 0 Å². The summed E-state index contributed by atoms with van der Waals surface area (Å²) in [7, 11) is 0. The zero-order valence-corrected chi connectivity index (χ0v) is 14.1. The first kappa shape index (κ1) is 16.8. The third kappa shape index (κ3) is 5.00. The van der Waals surface area contributed by atoms with Crippen LogP contribution in [0.4, 0.5) is 0 Å². The van der Waals surface area contributed by atoms with Crippen LogP contribution in [0, 0.1) is 0 Å². The second kappa shape index (κ2) is 8.20. The molecule has 1 heterocycles. The van der Waals surface area contributed by atoms with E-state index in [1.807, 2.05) is 24.3 Å². The standard InChI is InChI=1S/C21H27NO2/c23-20-12-6-16(7-13-20)4-10-18-2-1-3-19(22-18)11-5-17-8-14-21(24)15-9-17/h6-9,12-15,18-19,22-24H,1-5,10-11H2/t18-,19+. The van der Waals surface area contributed by atoms with Gasteiger partial charge in [-0.15, -0.1) is 0 Å². The molecule has 2 atom stereocenters. The highest BCUT2D eigenvalue weighted by atomic mass is 16.3. The first-order chi connectivity index (χ1) is 11.7. The molecule has 2 aromatic rings. The van der Waals surface area contributed by atoms with Gasteiger partial charge in [0.25, 0.3) is 0 Å². The number of rotatable bonds is 6. The van der Waals surface area contributed by atoms with E-state index >= 15 is 0 Å². The zero-order chi connectivity index (χ0) is 16.8. The van der Waals surface area contributed by atoms with Gasteiger partial charge in [-0.3, -0.25) is 0 Å². The SMILES string of the molecule is Oc1ccc(CC[C@H]2CCC[C@@H](CCc3ccc(O)cc3)N2)cc1. The van der Waals surface area contributed by atoms with Crippen molar-refractivity contribution < 1.29 is 10.2 Å². The average Bonchev–Trinajstić information content (AvgIpc) is 2.61. The van der Waals surface area contributed by atoms with Crippen LogP contribution >= 0.6 is 0 Å². The lowest BCUT2D eigenvalue weighted by molar-refractivity contribution is 0.297. The molecule has 1 aliphatic heterocycles. The van der Waals surface area contributed by atoms with E-state index < -0.39 is 0 Å². The molecule has 2 aromatic carbocycles. The van der Waals surface area contributed by atoms with Gasteiger partial charge in [-0.05, 0) is 73.9 Å². The monoisotopic (exact) mass is 325 g/mol. The highest BCUT2D eigenvalue weighted by molar-refractivity contribution is 5.26. The number of phenols is 2. The van der Waals surface area contributed by atoms with Crippen LogP contribution in [0.3, 0.4) is 0 Å². The molecule has 0 amide bonds. The molecule has 0 bridgehead atoms. The first-order valence-electron chi connectivity index (χ1n) is 9.01. The summed E-state index contributed by atoms with van der Waals surface area (Å²) in [6.07, 6.45) is 8.24. The summed E-state index contributed by atoms with van der Waals surface area (Å²) >= 11 is 0. The third-order valence-corrected chi connectivity index (χ3v) is 5.01. The Hall–Kier alpha value is -2.00. The van der Waals surface area contributed by atoms with Gasteiger partial charge in [-0.2, -0.15) is 0 Å². The van der Waals surface area contributed by atoms with Gasteiger partial charge in [0.2, 0.25) is 0 Å². The summed E-state index contributed by atoms with van der Waals surface area (Å²) in [4.78, 5) is 0. The Kier molecular flexibility index (Phi) is 5.76. The molecule has 0 radical (unpaired) electrons. The lowest BCUT2D eigenvalue weighted by Crippen LogP contribution is -2.42. The number of aryl methyl sites for hydroxylation is 2. The smallest absolute Gasteiger partial charge is 0.115 e. The molecule has 1 fully saturated rings. The third-order valence-electron chi connectivity index (χ3n) is 5.01. The van der Waals surface area contributed by atoms with Crippen molar-refractivity contribution in [1.29, 1.82) is 0 Å². The van der Waals surface area contributed by atoms with Gasteiger partial charge in [0.1, 0.15) is 11.5 Å². The number of nitrogens with one attached hydrogen (secondary N) is 1. The van der Waals surface area contributed by atoms with Crippen molar-refractivity contribution >= 4 is 0 Å². The molecule has 24 heavy (non-hydrogen) atoms. The second-order valence-electron chi connectivity index (χ2n) is 6.90. The molecule has 0 saturated carbocycles. The van der Waals surface area contributed by atoms with Gasteiger partial charge in [0, 0.05) is 12.1 Å². The molecule has 0 aromatic heterocycles. The summed E-state index contributed by atoms with van der Waals surface area (Å²) in [5.41, 5.74) is 2.58. The van der Waals surface area contributed by atoms with Crippen LogP contribution in [0.15, 0.2) is 48.5 Å². The number of hydrogen-bond donors (Lipinski definition) is 3. The number of piperidine rings is 1. The zero-order valence-electron chi connectivity index (χ0n) is 14.1. The van der Waals surface area contributed by atoms with E-state index in [1.165, 1.54) is 30.4 Å². The van der Waals surface area contributed by atoms with E-state index in [9.17, 15) is 10.2 Å². The Balaban J connectivity index is 1.43. The van der Waals surface area contributed by atoms with Crippen molar-refractivity contribution in [1.82, 2.24) is 5.32 Å². The maximum Gasteiger partial charge on any atom is 0.115 e. The Labute approximate surface area is 144 Å². The van der Waals surface area contributed by atoms with Crippen LogP contribution in [-0.4, -0.2) is 22.3 Å². The van der Waals surface area contributed by atoms with Crippen molar-refractivity contribution in [2.75, 3.05) is 0 Å². The molecular formula is C21H27NO2. The fourth-order valence-corrected chi connectivity index (χ4v) is 3.57. The highest BCUT2D eigenvalue weighted by Gasteiger charge is 2.20. The summed E-state index contributed by atoms with van der Waals surface area (Å²) in [5, 5.41) is 22.5. The number of benzene rings is 2. The predicted molar refractivity (Wildman–Crippen MR) is 97.4 cm³/mol. The van der Waals surface area contributed by atoms with Crippen molar-refractivity contribution in [3.63, 3.8) is 0 Å². The van der Waals surface area contributed by atoms with Crippen molar-refractivity contribution in [3.8, 4) is 11.5 Å². The van der Waals surface area contributed by atoms with E-state index in [1.54, 1.807) is 24.3 Å². The fraction of sp³-hybridized carbons (Fsp3) is 0.429. The quantitative estimate of drug-likeness (QED) is 0.747. The van der Waals surface area contributed by atoms with Gasteiger partial charge in [0.05, 0.1) is 0 Å². The number of aromatic hydroxyl groups is 2. The van der Waals surface area contributed by atoms with Gasteiger partial charge in [0.15, 0.2) is 0 Å². The maximum absolute atomic E-state index is 9.35. The molecule has 3 rings (SSSR count). The van der Waals surface area contributed by atoms with Crippen LogP contribution in [0.1, 0.15) is 43.2 Å². The minimum Gasteiger partial charge on any atom is -0.508 e. The predicted octanol–water partition coefficient (Wildman–Crippen LogP) is 4.17. The second-order valence-corrected chi connectivity index (χ2v) is 6.90. The molecule has 3 N–H and O–H groups in total. The molecular weight excluding hydrogens is 298 g/mol. The van der Waals surface area contributed by atoms with Crippen LogP contribution in [0.5, 0.6) is 11.5 Å². The molecule has 3 nitrogen and oxygen atoms in total. The lowest BCUT2D eigenvalue weighted by atomic mass is 9.91. The summed E-state index contributed by atoms with van der Waals surface area (Å²) in [5.74, 6) is 0.674. The summed E-state index contributed by atoms with van der Waals surface area (Å²) < 4.78 is 0. The highest BCUT2D eigenvalue weighted by Crippen LogP contribution is 2.21. The van der Waals surface area contributed by atoms with Gasteiger partial charge >= 0.3 is 0 Å². The molecule has 128 valence electrons. The molecule has 1 aliphatic rings. The van der Waals surface area contributed by atoms with E-state index in [0.29, 0.717) is 23.6 Å².